The molecule has 0 spiro atoms. The Morgan fingerprint density at radius 3 is 1.93 bits per heavy atom. The first-order valence-electron chi connectivity index (χ1n) is 5.17. The zero-order valence-corrected chi connectivity index (χ0v) is 8.92. The van der Waals surface area contributed by atoms with Gasteiger partial charge in [-0.05, 0) is 6.92 Å². The maximum absolute atomic E-state index is 8.42. The Bertz CT molecular complexity index is 98.7. The summed E-state index contributed by atoms with van der Waals surface area (Å²) in [6.07, 6.45) is 0. The van der Waals surface area contributed by atoms with E-state index in [1.807, 2.05) is 6.92 Å². The number of hydrogen-bond acceptors (Lipinski definition) is 5. The fourth-order valence-corrected chi connectivity index (χ4v) is 0.979. The highest BCUT2D eigenvalue weighted by molar-refractivity contribution is 4.59. The van der Waals surface area contributed by atoms with Crippen molar-refractivity contribution in [2.24, 2.45) is 0 Å². The van der Waals surface area contributed by atoms with Crippen molar-refractivity contribution in [1.82, 2.24) is 16.0 Å². The zero-order valence-electron chi connectivity index (χ0n) is 8.92. The van der Waals surface area contributed by atoms with Gasteiger partial charge < -0.3 is 26.2 Å². The van der Waals surface area contributed by atoms with E-state index < -0.39 is 0 Å². The van der Waals surface area contributed by atoms with E-state index in [1.165, 1.54) is 0 Å². The maximum Gasteiger partial charge on any atom is 0.0581 e. The third kappa shape index (κ3) is 9.88. The fourth-order valence-electron chi connectivity index (χ4n) is 0.979. The minimum atomic E-state index is 0.0992. The van der Waals surface area contributed by atoms with Gasteiger partial charge in [0, 0.05) is 38.8 Å². The molecule has 0 aromatic heterocycles. The third-order valence-corrected chi connectivity index (χ3v) is 1.84. The highest BCUT2D eigenvalue weighted by Gasteiger charge is 1.94. The van der Waals surface area contributed by atoms with Crippen LogP contribution in [0.25, 0.3) is 0 Å². The average Bonchev–Trinajstić information content (AvgIpc) is 2.29. The van der Waals surface area contributed by atoms with Crippen LogP contribution in [-0.4, -0.2) is 62.2 Å². The Hall–Kier alpha value is -0.200. The highest BCUT2D eigenvalue weighted by atomic mass is 16.3. The largest absolute Gasteiger partial charge is 0.395 e. The quantitative estimate of drug-likeness (QED) is 0.372. The van der Waals surface area contributed by atoms with Crippen molar-refractivity contribution in [3.63, 3.8) is 0 Å². The average molecular weight is 205 g/mol. The van der Waals surface area contributed by atoms with Crippen LogP contribution < -0.4 is 16.0 Å². The topological polar surface area (TPSA) is 76.5 Å². The van der Waals surface area contributed by atoms with Crippen molar-refractivity contribution in [3.8, 4) is 0 Å². The molecule has 5 N–H and O–H groups in total. The van der Waals surface area contributed by atoms with E-state index in [9.17, 15) is 0 Å². The SMILES string of the molecule is C1CNCCN1.CC(CO)NCCO. The van der Waals surface area contributed by atoms with Gasteiger partial charge in [-0.25, -0.2) is 0 Å². The summed E-state index contributed by atoms with van der Waals surface area (Å²) >= 11 is 0. The van der Waals surface area contributed by atoms with Crippen LogP contribution in [-0.2, 0) is 0 Å². The lowest BCUT2D eigenvalue weighted by molar-refractivity contribution is 0.234. The fraction of sp³-hybridized carbons (Fsp3) is 1.00. The Morgan fingerprint density at radius 1 is 1.14 bits per heavy atom. The summed E-state index contributed by atoms with van der Waals surface area (Å²) in [5.74, 6) is 0. The summed E-state index contributed by atoms with van der Waals surface area (Å²) in [6.45, 7) is 7.22. The molecule has 0 aromatic carbocycles. The van der Waals surface area contributed by atoms with Gasteiger partial charge in [-0.1, -0.05) is 0 Å². The molecule has 1 heterocycles. The van der Waals surface area contributed by atoms with E-state index in [1.54, 1.807) is 0 Å². The van der Waals surface area contributed by atoms with Crippen LogP contribution in [0, 0.1) is 0 Å². The molecule has 0 radical (unpaired) electrons. The summed E-state index contributed by atoms with van der Waals surface area (Å²) in [6, 6.07) is 0.0992. The highest BCUT2D eigenvalue weighted by Crippen LogP contribution is 1.74. The van der Waals surface area contributed by atoms with E-state index in [-0.39, 0.29) is 19.3 Å². The van der Waals surface area contributed by atoms with Crippen molar-refractivity contribution < 1.29 is 10.2 Å². The molecule has 1 atom stereocenters. The molecule has 0 saturated carbocycles. The van der Waals surface area contributed by atoms with Crippen molar-refractivity contribution in [3.05, 3.63) is 0 Å². The molecule has 1 fully saturated rings. The summed E-state index contributed by atoms with van der Waals surface area (Å²) in [5.41, 5.74) is 0. The second-order valence-electron chi connectivity index (χ2n) is 3.26. The Labute approximate surface area is 85.9 Å². The smallest absolute Gasteiger partial charge is 0.0581 e. The molecule has 1 saturated heterocycles. The van der Waals surface area contributed by atoms with Crippen molar-refractivity contribution in [2.45, 2.75) is 13.0 Å². The molecule has 5 nitrogen and oxygen atoms in total. The predicted octanol–water partition coefficient (Wildman–Crippen LogP) is -1.87. The number of piperazine rings is 1. The van der Waals surface area contributed by atoms with Crippen LogP contribution in [0.1, 0.15) is 6.92 Å². The van der Waals surface area contributed by atoms with Gasteiger partial charge in [0.2, 0.25) is 0 Å². The van der Waals surface area contributed by atoms with Gasteiger partial charge in [0.15, 0.2) is 0 Å². The summed E-state index contributed by atoms with van der Waals surface area (Å²) in [7, 11) is 0. The number of aliphatic hydroxyl groups is 2. The van der Waals surface area contributed by atoms with E-state index in [0.717, 1.165) is 26.2 Å². The molecule has 0 amide bonds. The number of aliphatic hydroxyl groups excluding tert-OH is 2. The second kappa shape index (κ2) is 10.9. The molecule has 0 aromatic rings. The van der Waals surface area contributed by atoms with Crippen LogP contribution in [0.4, 0.5) is 0 Å². The summed E-state index contributed by atoms with van der Waals surface area (Å²) < 4.78 is 0. The Kier molecular flexibility index (Phi) is 10.7. The van der Waals surface area contributed by atoms with E-state index in [4.69, 9.17) is 10.2 Å². The zero-order chi connectivity index (χ0) is 10.6. The van der Waals surface area contributed by atoms with E-state index in [0.29, 0.717) is 6.54 Å². The number of rotatable bonds is 4. The van der Waals surface area contributed by atoms with Gasteiger partial charge in [0.1, 0.15) is 0 Å². The Balaban J connectivity index is 0.000000249. The normalized spacial score (nSPS) is 18.2. The third-order valence-electron chi connectivity index (χ3n) is 1.84. The maximum atomic E-state index is 8.42. The van der Waals surface area contributed by atoms with Crippen LogP contribution in [0.2, 0.25) is 0 Å². The van der Waals surface area contributed by atoms with Crippen molar-refractivity contribution in [2.75, 3.05) is 45.9 Å². The molecule has 1 aliphatic rings. The first kappa shape index (κ1) is 13.8. The molecule has 86 valence electrons. The minimum absolute atomic E-state index is 0.0992. The van der Waals surface area contributed by atoms with Crippen LogP contribution in [0.5, 0.6) is 0 Å². The molecule has 1 rings (SSSR count). The van der Waals surface area contributed by atoms with Crippen LogP contribution >= 0.6 is 0 Å². The predicted molar refractivity (Wildman–Crippen MR) is 57.4 cm³/mol. The van der Waals surface area contributed by atoms with E-state index >= 15 is 0 Å². The Morgan fingerprint density at radius 2 is 1.64 bits per heavy atom. The number of hydrogen-bond donors (Lipinski definition) is 5. The lowest BCUT2D eigenvalue weighted by Gasteiger charge is -2.11. The van der Waals surface area contributed by atoms with Gasteiger partial charge in [-0.2, -0.15) is 0 Å². The van der Waals surface area contributed by atoms with Gasteiger partial charge in [-0.3, -0.25) is 0 Å². The lowest BCUT2D eigenvalue weighted by atomic mass is 10.4. The standard InChI is InChI=1S/C5H13NO2.C4H10N2/c1-5(4-8)6-2-3-7;1-2-6-4-3-5-1/h5-8H,2-4H2,1H3;5-6H,1-4H2. The molecular formula is C9H23N3O2. The summed E-state index contributed by atoms with van der Waals surface area (Å²) in [4.78, 5) is 0. The number of nitrogens with one attached hydrogen (secondary N) is 3. The summed E-state index contributed by atoms with van der Waals surface area (Å²) in [5, 5.41) is 26.0. The molecule has 0 aliphatic carbocycles. The molecule has 0 bridgehead atoms. The van der Waals surface area contributed by atoms with Gasteiger partial charge in [0.05, 0.1) is 13.2 Å². The monoisotopic (exact) mass is 205 g/mol. The molecule has 1 aliphatic heterocycles. The first-order chi connectivity index (χ1) is 6.81. The lowest BCUT2D eigenvalue weighted by Crippen LogP contribution is -2.39. The second-order valence-corrected chi connectivity index (χ2v) is 3.26. The molecule has 5 heteroatoms. The van der Waals surface area contributed by atoms with Crippen LogP contribution in [0.3, 0.4) is 0 Å². The molecular weight excluding hydrogens is 182 g/mol. The van der Waals surface area contributed by atoms with E-state index in [2.05, 4.69) is 16.0 Å². The minimum Gasteiger partial charge on any atom is -0.395 e. The van der Waals surface area contributed by atoms with Gasteiger partial charge in [-0.15, -0.1) is 0 Å². The van der Waals surface area contributed by atoms with Gasteiger partial charge >= 0.3 is 0 Å². The molecule has 14 heavy (non-hydrogen) atoms. The first-order valence-corrected chi connectivity index (χ1v) is 5.17. The van der Waals surface area contributed by atoms with Crippen molar-refractivity contribution in [1.29, 1.82) is 0 Å². The molecule has 1 unspecified atom stereocenters. The van der Waals surface area contributed by atoms with Crippen LogP contribution in [0.15, 0.2) is 0 Å². The van der Waals surface area contributed by atoms with Gasteiger partial charge in [0.25, 0.3) is 0 Å². The van der Waals surface area contributed by atoms with Crippen molar-refractivity contribution >= 4 is 0 Å².